The Morgan fingerprint density at radius 1 is 0.725 bits per heavy atom. The maximum atomic E-state index is 13.4. The summed E-state index contributed by atoms with van der Waals surface area (Å²) in [6.07, 6.45) is 6.97. The number of carbonyl (C=O) groups excluding carboxylic acids is 6. The first kappa shape index (κ1) is 33.1. The molecule has 0 bridgehead atoms. The Morgan fingerprint density at radius 2 is 1.15 bits per heavy atom. The molecule has 4 amide bonds. The summed E-state index contributed by atoms with van der Waals surface area (Å²) in [7, 11) is 0. The van der Waals surface area contributed by atoms with Crippen LogP contribution in [0.3, 0.4) is 0 Å². The van der Waals surface area contributed by atoms with Crippen LogP contribution >= 0.6 is 0 Å². The molecule has 40 heavy (non-hydrogen) atoms. The van der Waals surface area contributed by atoms with E-state index in [0.29, 0.717) is 32.1 Å². The maximum absolute atomic E-state index is 13.4. The molecule has 0 spiro atoms. The number of ketones is 1. The van der Waals surface area contributed by atoms with Crippen LogP contribution in [0.15, 0.2) is 24.3 Å². The third-order valence-corrected chi connectivity index (χ3v) is 6.88. The highest BCUT2D eigenvalue weighted by atomic mass is 16.6. The number of ether oxygens (including phenoxy) is 2. The number of esters is 1. The Balaban J connectivity index is 1.91. The van der Waals surface area contributed by atoms with Crippen LogP contribution in [0.5, 0.6) is 0 Å². The number of unbranched alkanes of at least 4 members (excludes halogenated alkanes) is 1. The van der Waals surface area contributed by atoms with E-state index in [1.807, 2.05) is 27.7 Å². The van der Waals surface area contributed by atoms with E-state index < -0.39 is 52.9 Å². The van der Waals surface area contributed by atoms with E-state index in [9.17, 15) is 28.8 Å². The Labute approximate surface area is 237 Å². The molecule has 0 aromatic heterocycles. The van der Waals surface area contributed by atoms with Crippen LogP contribution in [-0.2, 0) is 38.2 Å². The minimum absolute atomic E-state index is 0.0585. The highest BCUT2D eigenvalue weighted by molar-refractivity contribution is 6.16. The molecule has 0 aromatic carbocycles. The van der Waals surface area contributed by atoms with E-state index in [4.69, 9.17) is 9.47 Å². The van der Waals surface area contributed by atoms with Crippen molar-refractivity contribution < 1.29 is 38.2 Å². The summed E-state index contributed by atoms with van der Waals surface area (Å²) in [4.78, 5) is 77.3. The zero-order valence-electron chi connectivity index (χ0n) is 25.0. The molecule has 2 atom stereocenters. The van der Waals surface area contributed by atoms with Crippen molar-refractivity contribution in [1.29, 1.82) is 0 Å². The highest BCUT2D eigenvalue weighted by Gasteiger charge is 2.43. The van der Waals surface area contributed by atoms with Crippen LogP contribution in [0.4, 0.5) is 0 Å². The lowest BCUT2D eigenvalue weighted by atomic mass is 9.90. The van der Waals surface area contributed by atoms with E-state index in [0.717, 1.165) is 22.0 Å². The fourth-order valence-corrected chi connectivity index (χ4v) is 4.81. The fourth-order valence-electron chi connectivity index (χ4n) is 4.81. The average Bonchev–Trinajstić information content (AvgIpc) is 3.34. The Morgan fingerprint density at radius 3 is 1.60 bits per heavy atom. The van der Waals surface area contributed by atoms with Gasteiger partial charge in [0.05, 0.1) is 0 Å². The monoisotopic (exact) mass is 560 g/mol. The standard InChI is InChI=1S/C30H44N2O8/c1-19(2)17-21(31-23(33)11-12-24(31)34)27(37)30(7,8)39-16-10-9-15-29(5,6)40-28(38)22(18-20(3)4)32-25(35)13-14-26(32)36/h11-14,19-22H,9-10,15-18H2,1-8H3. The van der Waals surface area contributed by atoms with Crippen molar-refractivity contribution in [3.05, 3.63) is 24.3 Å². The molecular weight excluding hydrogens is 516 g/mol. The number of hydrogen-bond acceptors (Lipinski definition) is 8. The van der Waals surface area contributed by atoms with Crippen LogP contribution in [0.2, 0.25) is 0 Å². The van der Waals surface area contributed by atoms with Gasteiger partial charge in [-0.05, 0) is 71.6 Å². The lowest BCUT2D eigenvalue weighted by Gasteiger charge is -2.33. The van der Waals surface area contributed by atoms with Crippen LogP contribution in [-0.4, -0.2) is 75.1 Å². The Hall–Kier alpha value is -3.14. The fraction of sp³-hybridized carbons (Fsp3) is 0.667. The molecule has 0 N–H and O–H groups in total. The summed E-state index contributed by atoms with van der Waals surface area (Å²) in [6.45, 7) is 14.7. The number of Topliss-reactive ketones (excluding diaryl/α,β-unsaturated/α-hetero) is 1. The van der Waals surface area contributed by atoms with Gasteiger partial charge < -0.3 is 9.47 Å². The molecule has 222 valence electrons. The second-order valence-electron chi connectivity index (χ2n) is 12.4. The minimum atomic E-state index is -1.22. The first-order valence-electron chi connectivity index (χ1n) is 14.0. The first-order chi connectivity index (χ1) is 18.5. The van der Waals surface area contributed by atoms with Crippen molar-refractivity contribution in [2.45, 2.75) is 111 Å². The number of hydrogen-bond donors (Lipinski definition) is 0. The number of carbonyl (C=O) groups is 6. The van der Waals surface area contributed by atoms with E-state index in [1.54, 1.807) is 27.7 Å². The van der Waals surface area contributed by atoms with Gasteiger partial charge in [-0.15, -0.1) is 0 Å². The van der Waals surface area contributed by atoms with Crippen molar-refractivity contribution in [3.8, 4) is 0 Å². The summed E-state index contributed by atoms with van der Waals surface area (Å²) < 4.78 is 11.7. The normalized spacial score (nSPS) is 17.6. The third-order valence-electron chi connectivity index (χ3n) is 6.88. The predicted molar refractivity (Wildman–Crippen MR) is 148 cm³/mol. The van der Waals surface area contributed by atoms with Crippen molar-refractivity contribution in [2.24, 2.45) is 11.8 Å². The molecule has 0 saturated heterocycles. The molecule has 0 aliphatic carbocycles. The zero-order valence-corrected chi connectivity index (χ0v) is 25.0. The van der Waals surface area contributed by atoms with Gasteiger partial charge in [-0.1, -0.05) is 27.7 Å². The molecular formula is C30H44N2O8. The number of rotatable bonds is 16. The second kappa shape index (κ2) is 13.5. The molecule has 0 saturated carbocycles. The van der Waals surface area contributed by atoms with Gasteiger partial charge in [-0.25, -0.2) is 4.79 Å². The van der Waals surface area contributed by atoms with Gasteiger partial charge in [0.15, 0.2) is 5.78 Å². The maximum Gasteiger partial charge on any atom is 0.329 e. The smallest absolute Gasteiger partial charge is 0.329 e. The molecule has 2 unspecified atom stereocenters. The molecule has 0 aromatic rings. The quantitative estimate of drug-likeness (QED) is 0.159. The average molecular weight is 561 g/mol. The third kappa shape index (κ3) is 8.68. The lowest BCUT2D eigenvalue weighted by Crippen LogP contribution is -2.53. The molecule has 0 radical (unpaired) electrons. The number of imide groups is 2. The summed E-state index contributed by atoms with van der Waals surface area (Å²) in [5.41, 5.74) is -2.08. The van der Waals surface area contributed by atoms with Gasteiger partial charge in [0.25, 0.3) is 23.6 Å². The van der Waals surface area contributed by atoms with Gasteiger partial charge in [0.1, 0.15) is 23.3 Å². The van der Waals surface area contributed by atoms with Crippen LogP contribution in [0.1, 0.15) is 87.5 Å². The van der Waals surface area contributed by atoms with Crippen molar-refractivity contribution in [2.75, 3.05) is 6.61 Å². The van der Waals surface area contributed by atoms with Crippen LogP contribution < -0.4 is 0 Å². The molecule has 2 rings (SSSR count). The lowest BCUT2D eigenvalue weighted by molar-refractivity contribution is -0.168. The second-order valence-corrected chi connectivity index (χ2v) is 12.4. The first-order valence-corrected chi connectivity index (χ1v) is 14.0. The van der Waals surface area contributed by atoms with Crippen LogP contribution in [0.25, 0.3) is 0 Å². The van der Waals surface area contributed by atoms with Crippen molar-refractivity contribution in [3.63, 3.8) is 0 Å². The van der Waals surface area contributed by atoms with Gasteiger partial charge in [0, 0.05) is 30.9 Å². The van der Waals surface area contributed by atoms with Gasteiger partial charge in [0.2, 0.25) is 0 Å². The molecule has 2 aliphatic rings. The topological polar surface area (TPSA) is 127 Å². The van der Waals surface area contributed by atoms with E-state index >= 15 is 0 Å². The van der Waals surface area contributed by atoms with Gasteiger partial charge in [-0.2, -0.15) is 0 Å². The Kier molecular flexibility index (Phi) is 11.1. The van der Waals surface area contributed by atoms with Gasteiger partial charge in [-0.3, -0.25) is 33.8 Å². The summed E-state index contributed by atoms with van der Waals surface area (Å²) >= 11 is 0. The summed E-state index contributed by atoms with van der Waals surface area (Å²) in [6, 6.07) is -1.90. The largest absolute Gasteiger partial charge is 0.458 e. The number of amides is 4. The summed E-state index contributed by atoms with van der Waals surface area (Å²) in [5.74, 6) is -2.86. The molecule has 10 nitrogen and oxygen atoms in total. The van der Waals surface area contributed by atoms with Gasteiger partial charge >= 0.3 is 5.97 Å². The highest BCUT2D eigenvalue weighted by Crippen LogP contribution is 2.26. The molecule has 10 heteroatoms. The minimum Gasteiger partial charge on any atom is -0.458 e. The SMILES string of the molecule is CC(C)CC(C(=O)OC(C)(C)CCCCOC(C)(C)C(=O)C(CC(C)C)N1C(=O)C=CC1=O)N1C(=O)C=CC1=O. The molecule has 2 heterocycles. The predicted octanol–water partition coefficient (Wildman–Crippen LogP) is 3.52. The van der Waals surface area contributed by atoms with E-state index in [1.165, 1.54) is 12.2 Å². The molecule has 2 aliphatic heterocycles. The molecule has 0 fully saturated rings. The van der Waals surface area contributed by atoms with Crippen molar-refractivity contribution in [1.82, 2.24) is 9.80 Å². The Bertz CT molecular complexity index is 1030. The van der Waals surface area contributed by atoms with E-state index in [-0.39, 0.29) is 24.2 Å². The number of nitrogens with zero attached hydrogens (tertiary/aromatic N) is 2. The van der Waals surface area contributed by atoms with Crippen molar-refractivity contribution >= 4 is 35.4 Å². The van der Waals surface area contributed by atoms with Crippen LogP contribution in [0, 0.1) is 11.8 Å². The van der Waals surface area contributed by atoms with E-state index in [2.05, 4.69) is 0 Å². The summed E-state index contributed by atoms with van der Waals surface area (Å²) in [5, 5.41) is 0. The zero-order chi connectivity index (χ0) is 30.4.